The zero-order valence-electron chi connectivity index (χ0n) is 21.1. The molecule has 0 radical (unpaired) electrons. The first kappa shape index (κ1) is 24.4. The van der Waals surface area contributed by atoms with Crippen molar-refractivity contribution in [2.45, 2.75) is 36.1 Å². The Balaban J connectivity index is 1.12. The first-order valence-electron chi connectivity index (χ1n) is 13.3. The van der Waals surface area contributed by atoms with Crippen molar-refractivity contribution in [3.8, 4) is 0 Å². The van der Waals surface area contributed by atoms with Crippen molar-refractivity contribution in [1.29, 1.82) is 0 Å². The van der Waals surface area contributed by atoms with Gasteiger partial charge in [-0.15, -0.1) is 11.3 Å². The number of nitrogens with zero attached hydrogens (tertiary/aromatic N) is 1. The smallest absolute Gasteiger partial charge is 0.263 e. The third-order valence-electron chi connectivity index (χ3n) is 8.58. The Bertz CT molecular complexity index is 1620. The molecule has 1 amide bonds. The Morgan fingerprint density at radius 1 is 0.974 bits per heavy atom. The highest BCUT2D eigenvalue weighted by atomic mass is 32.2. The molecule has 3 N–H and O–H groups in total. The number of rotatable bonds is 6. The van der Waals surface area contributed by atoms with Gasteiger partial charge in [-0.3, -0.25) is 9.52 Å². The molecule has 7 nitrogen and oxygen atoms in total. The fourth-order valence-electron chi connectivity index (χ4n) is 6.99. The van der Waals surface area contributed by atoms with E-state index >= 15 is 0 Å². The Morgan fingerprint density at radius 3 is 2.54 bits per heavy atom. The third-order valence-corrected chi connectivity index (χ3v) is 10.8. The summed E-state index contributed by atoms with van der Waals surface area (Å²) in [5.41, 5.74) is 4.85. The van der Waals surface area contributed by atoms with E-state index in [-0.39, 0.29) is 10.8 Å². The number of aromatic nitrogens is 1. The van der Waals surface area contributed by atoms with E-state index in [2.05, 4.69) is 56.7 Å². The summed E-state index contributed by atoms with van der Waals surface area (Å²) in [6, 6.07) is 23.2. The van der Waals surface area contributed by atoms with Gasteiger partial charge in [0.15, 0.2) is 5.13 Å². The molecule has 198 valence electrons. The van der Waals surface area contributed by atoms with Crippen molar-refractivity contribution in [3.05, 3.63) is 101 Å². The predicted octanol–water partition coefficient (Wildman–Crippen LogP) is 6.49. The fourth-order valence-corrected chi connectivity index (χ4v) is 8.77. The van der Waals surface area contributed by atoms with E-state index in [4.69, 9.17) is 0 Å². The molecule has 39 heavy (non-hydrogen) atoms. The van der Waals surface area contributed by atoms with Crippen LogP contribution in [-0.2, 0) is 10.0 Å². The van der Waals surface area contributed by atoms with E-state index < -0.39 is 10.0 Å². The van der Waals surface area contributed by atoms with Crippen LogP contribution >= 0.6 is 11.3 Å². The van der Waals surface area contributed by atoms with Gasteiger partial charge >= 0.3 is 0 Å². The quantitative estimate of drug-likeness (QED) is 0.252. The van der Waals surface area contributed by atoms with Gasteiger partial charge in [-0.1, -0.05) is 30.3 Å². The summed E-state index contributed by atoms with van der Waals surface area (Å²) >= 11 is 1.21. The second-order valence-corrected chi connectivity index (χ2v) is 13.3. The van der Waals surface area contributed by atoms with Crippen LogP contribution in [0.5, 0.6) is 0 Å². The maximum absolute atomic E-state index is 13.3. The highest BCUT2D eigenvalue weighted by molar-refractivity contribution is 7.93. The highest BCUT2D eigenvalue weighted by Gasteiger charge is 2.53. The minimum atomic E-state index is -3.75. The number of hydrogen-bond donors (Lipinski definition) is 3. The van der Waals surface area contributed by atoms with Crippen LogP contribution in [0, 0.1) is 17.8 Å². The minimum absolute atomic E-state index is 0.103. The van der Waals surface area contributed by atoms with Crippen molar-refractivity contribution in [1.82, 2.24) is 4.98 Å². The maximum Gasteiger partial charge on any atom is 0.263 e. The van der Waals surface area contributed by atoms with Crippen LogP contribution in [0.1, 0.15) is 52.7 Å². The molecule has 7 rings (SSSR count). The molecule has 2 heterocycles. The lowest BCUT2D eigenvalue weighted by Gasteiger charge is -2.43. The molecule has 0 saturated heterocycles. The van der Waals surface area contributed by atoms with Crippen LogP contribution < -0.4 is 15.4 Å². The molecule has 0 spiro atoms. The van der Waals surface area contributed by atoms with Crippen LogP contribution in [0.25, 0.3) is 0 Å². The summed E-state index contributed by atoms with van der Waals surface area (Å²) in [7, 11) is -3.75. The highest BCUT2D eigenvalue weighted by Crippen LogP contribution is 2.63. The zero-order valence-corrected chi connectivity index (χ0v) is 22.7. The molecule has 2 fully saturated rings. The summed E-state index contributed by atoms with van der Waals surface area (Å²) in [5, 5.41) is 8.76. The van der Waals surface area contributed by atoms with Gasteiger partial charge in [0.2, 0.25) is 0 Å². The SMILES string of the molecule is O=C(Nc1ccc(S(=O)(=O)Nc2nccs2)cc1)c1ccc2c(c1)[C@@H]1[C@H]3CC[C@@H](C3)[C@H]1[C@@H](c1ccccc1)N2. The third kappa shape index (κ3) is 4.39. The molecule has 1 aliphatic heterocycles. The van der Waals surface area contributed by atoms with Crippen LogP contribution in [0.15, 0.2) is 89.3 Å². The lowest BCUT2D eigenvalue weighted by Crippen LogP contribution is -2.35. The number of sulfonamides is 1. The van der Waals surface area contributed by atoms with Crippen LogP contribution in [-0.4, -0.2) is 19.3 Å². The van der Waals surface area contributed by atoms with Gasteiger partial charge in [0.1, 0.15) is 0 Å². The Kier molecular flexibility index (Phi) is 5.93. The average molecular weight is 557 g/mol. The van der Waals surface area contributed by atoms with Crippen molar-refractivity contribution < 1.29 is 13.2 Å². The van der Waals surface area contributed by atoms with Gasteiger partial charge in [-0.25, -0.2) is 13.4 Å². The summed E-state index contributed by atoms with van der Waals surface area (Å²) in [4.78, 5) is 17.3. The van der Waals surface area contributed by atoms with Crippen molar-refractivity contribution in [2.24, 2.45) is 17.8 Å². The van der Waals surface area contributed by atoms with Gasteiger partial charge in [0.25, 0.3) is 15.9 Å². The number of anilines is 3. The summed E-state index contributed by atoms with van der Waals surface area (Å²) in [6.45, 7) is 0. The number of carbonyl (C=O) groups is 1. The number of nitrogens with one attached hydrogen (secondary N) is 3. The summed E-state index contributed by atoms with van der Waals surface area (Å²) in [6.07, 6.45) is 5.35. The number of hydrogen-bond acceptors (Lipinski definition) is 6. The van der Waals surface area contributed by atoms with Crippen LogP contribution in [0.4, 0.5) is 16.5 Å². The molecule has 3 aromatic carbocycles. The number of benzene rings is 3. The predicted molar refractivity (Wildman–Crippen MR) is 154 cm³/mol. The summed E-state index contributed by atoms with van der Waals surface area (Å²) in [5.74, 6) is 2.15. The second kappa shape index (κ2) is 9.50. The average Bonchev–Trinajstić information content (AvgIpc) is 3.72. The molecule has 9 heteroatoms. The number of thiazole rings is 1. The largest absolute Gasteiger partial charge is 0.378 e. The lowest BCUT2D eigenvalue weighted by atomic mass is 9.68. The zero-order chi connectivity index (χ0) is 26.6. The van der Waals surface area contributed by atoms with Crippen molar-refractivity contribution in [2.75, 3.05) is 15.4 Å². The standard InChI is InChI=1S/C30H28N4O3S2/c35-29(32-22-9-11-23(12-10-22)39(36,37)34-30-31-14-15-38-30)21-8-13-25-24(17-21)26-19-6-7-20(16-19)27(26)28(33-25)18-4-2-1-3-5-18/h1-5,8-15,17,19-20,26-28,33H,6-7,16H2,(H,31,34)(H,32,35)/t19-,20-,26-,27+,28+/m0/s1. The van der Waals surface area contributed by atoms with Crippen molar-refractivity contribution >= 4 is 43.8 Å². The topological polar surface area (TPSA) is 100 Å². The molecule has 2 bridgehead atoms. The molecule has 4 aromatic rings. The normalized spacial score (nSPS) is 24.9. The number of amides is 1. The molecule has 3 aliphatic rings. The Morgan fingerprint density at radius 2 is 1.77 bits per heavy atom. The minimum Gasteiger partial charge on any atom is -0.378 e. The van der Waals surface area contributed by atoms with E-state index in [1.165, 1.54) is 60.1 Å². The Hall–Kier alpha value is -3.69. The molecule has 1 aromatic heterocycles. The van der Waals surface area contributed by atoms with Gasteiger partial charge in [-0.2, -0.15) is 0 Å². The Labute approximate surface area is 231 Å². The second-order valence-electron chi connectivity index (χ2n) is 10.7. The molecule has 2 aliphatic carbocycles. The maximum atomic E-state index is 13.3. The van der Waals surface area contributed by atoms with E-state index in [0.29, 0.717) is 46.1 Å². The first-order valence-corrected chi connectivity index (χ1v) is 15.6. The molecule has 0 unspecified atom stereocenters. The number of fused-ring (bicyclic) bond motifs is 7. The lowest BCUT2D eigenvalue weighted by molar-refractivity contribution is 0.102. The van der Waals surface area contributed by atoms with Crippen molar-refractivity contribution in [3.63, 3.8) is 0 Å². The van der Waals surface area contributed by atoms with E-state index in [9.17, 15) is 13.2 Å². The molecular weight excluding hydrogens is 528 g/mol. The van der Waals surface area contributed by atoms with Crippen LogP contribution in [0.2, 0.25) is 0 Å². The van der Waals surface area contributed by atoms with Crippen LogP contribution in [0.3, 0.4) is 0 Å². The van der Waals surface area contributed by atoms with Gasteiger partial charge in [0, 0.05) is 28.5 Å². The molecular formula is C30H28N4O3S2. The van der Waals surface area contributed by atoms with E-state index in [1.54, 1.807) is 17.5 Å². The summed E-state index contributed by atoms with van der Waals surface area (Å²) < 4.78 is 27.7. The van der Waals surface area contributed by atoms with E-state index in [1.807, 2.05) is 12.1 Å². The van der Waals surface area contributed by atoms with Gasteiger partial charge in [0.05, 0.1) is 10.9 Å². The van der Waals surface area contributed by atoms with E-state index in [0.717, 1.165) is 5.69 Å². The first-order chi connectivity index (χ1) is 19.0. The van der Waals surface area contributed by atoms with Gasteiger partial charge < -0.3 is 10.6 Å². The molecule has 5 atom stereocenters. The number of carbonyl (C=O) groups excluding carboxylic acids is 1. The van der Waals surface area contributed by atoms with Gasteiger partial charge in [-0.05, 0) is 96.5 Å². The monoisotopic (exact) mass is 556 g/mol. The fraction of sp³-hybridized carbons (Fsp3) is 0.267. The molecule has 2 saturated carbocycles.